The van der Waals surface area contributed by atoms with Gasteiger partial charge < -0.3 is 20.1 Å². The highest BCUT2D eigenvalue weighted by molar-refractivity contribution is 5.68. The van der Waals surface area contributed by atoms with E-state index in [2.05, 4.69) is 0 Å². The Morgan fingerprint density at radius 3 is 2.41 bits per heavy atom. The Kier molecular flexibility index (Phi) is 4.38. The van der Waals surface area contributed by atoms with Crippen LogP contribution < -0.4 is 5.73 Å². The van der Waals surface area contributed by atoms with Gasteiger partial charge in [-0.1, -0.05) is 0 Å². The van der Waals surface area contributed by atoms with Crippen molar-refractivity contribution in [3.63, 3.8) is 0 Å². The van der Waals surface area contributed by atoms with E-state index >= 15 is 0 Å². The number of nitrogens with two attached hydrogens (primary N) is 1. The Hall–Kier alpha value is -0.810. The molecule has 0 heterocycles. The third-order valence-electron chi connectivity index (χ3n) is 2.99. The SMILES string of the molecule is COC1C[C@H](N)C[C@@H]1N(C)C(=O)OC(C)(C)C. The van der Waals surface area contributed by atoms with Crippen molar-refractivity contribution in [1.82, 2.24) is 4.90 Å². The quantitative estimate of drug-likeness (QED) is 0.796. The Morgan fingerprint density at radius 1 is 1.35 bits per heavy atom. The molecule has 1 unspecified atom stereocenters. The van der Waals surface area contributed by atoms with Gasteiger partial charge in [0.2, 0.25) is 0 Å². The van der Waals surface area contributed by atoms with Gasteiger partial charge in [0.25, 0.3) is 0 Å². The minimum Gasteiger partial charge on any atom is -0.444 e. The molecule has 0 radical (unpaired) electrons. The summed E-state index contributed by atoms with van der Waals surface area (Å²) in [5, 5.41) is 0. The third-order valence-corrected chi connectivity index (χ3v) is 2.99. The number of rotatable bonds is 2. The molecular formula is C12H24N2O3. The van der Waals surface area contributed by atoms with Crippen molar-refractivity contribution in [3.05, 3.63) is 0 Å². The van der Waals surface area contributed by atoms with E-state index in [1.165, 1.54) is 0 Å². The summed E-state index contributed by atoms with van der Waals surface area (Å²) < 4.78 is 10.7. The second-order valence-corrected chi connectivity index (χ2v) is 5.66. The van der Waals surface area contributed by atoms with E-state index in [-0.39, 0.29) is 24.3 Å². The summed E-state index contributed by atoms with van der Waals surface area (Å²) >= 11 is 0. The summed E-state index contributed by atoms with van der Waals surface area (Å²) in [7, 11) is 3.39. The maximum atomic E-state index is 11.9. The van der Waals surface area contributed by atoms with Crippen LogP contribution in [0.15, 0.2) is 0 Å². The van der Waals surface area contributed by atoms with Crippen molar-refractivity contribution in [2.45, 2.75) is 57.4 Å². The molecular weight excluding hydrogens is 220 g/mol. The zero-order chi connectivity index (χ0) is 13.2. The average molecular weight is 244 g/mol. The monoisotopic (exact) mass is 244 g/mol. The summed E-state index contributed by atoms with van der Waals surface area (Å²) in [6.07, 6.45) is 1.23. The van der Waals surface area contributed by atoms with Crippen LogP contribution in [0.3, 0.4) is 0 Å². The fraction of sp³-hybridized carbons (Fsp3) is 0.917. The van der Waals surface area contributed by atoms with Gasteiger partial charge in [-0.25, -0.2) is 4.79 Å². The molecule has 1 rings (SSSR count). The summed E-state index contributed by atoms with van der Waals surface area (Å²) in [5.41, 5.74) is 5.42. The number of amides is 1. The van der Waals surface area contributed by atoms with Crippen LogP contribution in [0, 0.1) is 0 Å². The van der Waals surface area contributed by atoms with Crippen LogP contribution in [0.4, 0.5) is 4.79 Å². The molecule has 1 fully saturated rings. The van der Waals surface area contributed by atoms with Gasteiger partial charge in [-0.3, -0.25) is 0 Å². The number of nitrogens with zero attached hydrogens (tertiary/aromatic N) is 1. The summed E-state index contributed by atoms with van der Waals surface area (Å²) in [4.78, 5) is 13.5. The zero-order valence-corrected chi connectivity index (χ0v) is 11.4. The largest absolute Gasteiger partial charge is 0.444 e. The molecule has 0 aromatic heterocycles. The second-order valence-electron chi connectivity index (χ2n) is 5.66. The Morgan fingerprint density at radius 2 is 1.94 bits per heavy atom. The van der Waals surface area contributed by atoms with Crippen LogP contribution >= 0.6 is 0 Å². The van der Waals surface area contributed by atoms with Crippen LogP contribution in [0.2, 0.25) is 0 Å². The molecule has 0 aromatic rings. The second kappa shape index (κ2) is 5.23. The van der Waals surface area contributed by atoms with Crippen LogP contribution in [0.5, 0.6) is 0 Å². The first kappa shape index (κ1) is 14.3. The molecule has 0 aromatic carbocycles. The van der Waals surface area contributed by atoms with E-state index < -0.39 is 5.60 Å². The van der Waals surface area contributed by atoms with Crippen LogP contribution in [0.1, 0.15) is 33.6 Å². The highest BCUT2D eigenvalue weighted by Gasteiger charge is 2.38. The summed E-state index contributed by atoms with van der Waals surface area (Å²) in [5.74, 6) is 0. The summed E-state index contributed by atoms with van der Waals surface area (Å²) in [6, 6.07) is 0.0969. The Bertz CT molecular complexity index is 275. The van der Waals surface area contributed by atoms with Crippen molar-refractivity contribution in [3.8, 4) is 0 Å². The number of likely N-dealkylation sites (N-methyl/N-ethyl adjacent to an activating group) is 1. The number of carbonyl (C=O) groups is 1. The molecule has 0 bridgehead atoms. The lowest BCUT2D eigenvalue weighted by molar-refractivity contribution is -0.000459. The van der Waals surface area contributed by atoms with E-state index in [0.717, 1.165) is 12.8 Å². The van der Waals surface area contributed by atoms with Gasteiger partial charge in [-0.05, 0) is 33.6 Å². The number of ether oxygens (including phenoxy) is 2. The van der Waals surface area contributed by atoms with E-state index in [4.69, 9.17) is 15.2 Å². The van der Waals surface area contributed by atoms with Gasteiger partial charge in [-0.2, -0.15) is 0 Å². The molecule has 1 saturated carbocycles. The van der Waals surface area contributed by atoms with Crippen LogP contribution in [0.25, 0.3) is 0 Å². The van der Waals surface area contributed by atoms with Crippen molar-refractivity contribution in [2.75, 3.05) is 14.2 Å². The van der Waals surface area contributed by atoms with Crippen molar-refractivity contribution < 1.29 is 14.3 Å². The zero-order valence-electron chi connectivity index (χ0n) is 11.4. The van der Waals surface area contributed by atoms with Gasteiger partial charge in [0, 0.05) is 20.2 Å². The van der Waals surface area contributed by atoms with Crippen molar-refractivity contribution >= 4 is 6.09 Å². The highest BCUT2D eigenvalue weighted by atomic mass is 16.6. The Balaban J connectivity index is 2.62. The van der Waals surface area contributed by atoms with Crippen molar-refractivity contribution in [1.29, 1.82) is 0 Å². The van der Waals surface area contributed by atoms with Crippen LogP contribution in [-0.2, 0) is 9.47 Å². The number of methoxy groups -OCH3 is 1. The van der Waals surface area contributed by atoms with E-state index in [1.807, 2.05) is 20.8 Å². The summed E-state index contributed by atoms with van der Waals surface area (Å²) in [6.45, 7) is 5.56. The standard InChI is InChI=1S/C12H24N2O3/c1-12(2,3)17-11(15)14(4)9-6-8(13)7-10(9)16-5/h8-10H,6-7,13H2,1-5H3/t8-,9+,10?/m1/s1. The van der Waals surface area contributed by atoms with Crippen LogP contribution in [-0.4, -0.2) is 48.9 Å². The number of hydrogen-bond donors (Lipinski definition) is 1. The molecule has 3 atom stereocenters. The lowest BCUT2D eigenvalue weighted by atomic mass is 10.2. The topological polar surface area (TPSA) is 64.8 Å². The van der Waals surface area contributed by atoms with Gasteiger partial charge in [0.15, 0.2) is 0 Å². The maximum absolute atomic E-state index is 11.9. The molecule has 100 valence electrons. The lowest BCUT2D eigenvalue weighted by Crippen LogP contribution is -2.44. The van der Waals surface area contributed by atoms with E-state index in [0.29, 0.717) is 0 Å². The highest BCUT2D eigenvalue weighted by Crippen LogP contribution is 2.26. The lowest BCUT2D eigenvalue weighted by Gasteiger charge is -2.31. The average Bonchev–Trinajstić information content (AvgIpc) is 2.55. The molecule has 5 heteroatoms. The van der Waals surface area contributed by atoms with E-state index in [9.17, 15) is 4.79 Å². The smallest absolute Gasteiger partial charge is 0.410 e. The van der Waals surface area contributed by atoms with Gasteiger partial charge >= 0.3 is 6.09 Å². The molecule has 5 nitrogen and oxygen atoms in total. The van der Waals surface area contributed by atoms with E-state index in [1.54, 1.807) is 19.1 Å². The molecule has 1 aliphatic rings. The molecule has 0 saturated heterocycles. The van der Waals surface area contributed by atoms with Gasteiger partial charge in [0.05, 0.1) is 12.1 Å². The van der Waals surface area contributed by atoms with Gasteiger partial charge in [0.1, 0.15) is 5.60 Å². The molecule has 2 N–H and O–H groups in total. The van der Waals surface area contributed by atoms with Crippen molar-refractivity contribution in [2.24, 2.45) is 5.73 Å². The first-order chi connectivity index (χ1) is 7.74. The maximum Gasteiger partial charge on any atom is 0.410 e. The normalized spacial score (nSPS) is 29.2. The van der Waals surface area contributed by atoms with Gasteiger partial charge in [-0.15, -0.1) is 0 Å². The molecule has 0 aliphatic heterocycles. The fourth-order valence-corrected chi connectivity index (χ4v) is 2.14. The molecule has 0 spiro atoms. The first-order valence-corrected chi connectivity index (χ1v) is 5.99. The molecule has 1 amide bonds. The Labute approximate surface area is 103 Å². The third kappa shape index (κ3) is 3.85. The fourth-order valence-electron chi connectivity index (χ4n) is 2.14. The number of carbonyl (C=O) groups excluding carboxylic acids is 1. The predicted octanol–water partition coefficient (Wildman–Crippen LogP) is 1.36. The minimum atomic E-state index is -0.478. The molecule has 17 heavy (non-hydrogen) atoms. The molecule has 1 aliphatic carbocycles. The predicted molar refractivity (Wildman–Crippen MR) is 65.8 cm³/mol. The first-order valence-electron chi connectivity index (χ1n) is 5.99. The minimum absolute atomic E-state index is 0.00233. The number of hydrogen-bond acceptors (Lipinski definition) is 4.